The zero-order chi connectivity index (χ0) is 16.5. The number of fused-ring (bicyclic) bond motifs is 1. The van der Waals surface area contributed by atoms with Crippen molar-refractivity contribution < 1.29 is 4.74 Å². The summed E-state index contributed by atoms with van der Waals surface area (Å²) in [4.78, 5) is 7.07. The largest absolute Gasteiger partial charge is 0.488 e. The van der Waals surface area contributed by atoms with E-state index in [2.05, 4.69) is 53.4 Å². The van der Waals surface area contributed by atoms with Gasteiger partial charge in [-0.15, -0.1) is 24.0 Å². The van der Waals surface area contributed by atoms with Crippen LogP contribution < -0.4 is 15.4 Å². The lowest BCUT2D eigenvalue weighted by atomic mass is 10.1. The zero-order valence-corrected chi connectivity index (χ0v) is 17.4. The van der Waals surface area contributed by atoms with Gasteiger partial charge in [-0.05, 0) is 31.6 Å². The van der Waals surface area contributed by atoms with Crippen molar-refractivity contribution in [3.8, 4) is 5.75 Å². The molecule has 5 nitrogen and oxygen atoms in total. The molecule has 6 heteroatoms. The maximum Gasteiger partial charge on any atom is 0.191 e. The second-order valence-corrected chi connectivity index (χ2v) is 5.72. The molecule has 0 radical (unpaired) electrons. The van der Waals surface area contributed by atoms with E-state index in [9.17, 15) is 0 Å². The lowest BCUT2D eigenvalue weighted by Crippen LogP contribution is -2.42. The standard InChI is InChI=1S/C18H30N4O.HI/c1-4-19-18(20-11-12-22(5-2)6-3)21-14-16-13-15-9-7-8-10-17(15)23-16;/h7-10,16H,4-6,11-14H2,1-3H3,(H2,19,20,21);1H. The lowest BCUT2D eigenvalue weighted by molar-refractivity contribution is 0.241. The Labute approximate surface area is 163 Å². The Kier molecular flexibility index (Phi) is 10.1. The molecule has 2 N–H and O–H groups in total. The van der Waals surface area contributed by atoms with Gasteiger partial charge >= 0.3 is 0 Å². The number of guanidine groups is 1. The van der Waals surface area contributed by atoms with E-state index in [4.69, 9.17) is 4.74 Å². The van der Waals surface area contributed by atoms with Crippen LogP contribution in [0.5, 0.6) is 5.75 Å². The molecule has 1 aromatic rings. The Morgan fingerprint density at radius 2 is 1.96 bits per heavy atom. The molecular formula is C18H31IN4O. The first-order chi connectivity index (χ1) is 11.3. The van der Waals surface area contributed by atoms with E-state index < -0.39 is 0 Å². The van der Waals surface area contributed by atoms with Crippen LogP contribution in [0.2, 0.25) is 0 Å². The Bertz CT molecular complexity index is 481. The summed E-state index contributed by atoms with van der Waals surface area (Å²) in [6.45, 7) is 12.1. The quantitative estimate of drug-likeness (QED) is 0.366. The molecule has 1 heterocycles. The number of hydrogen-bond acceptors (Lipinski definition) is 3. The van der Waals surface area contributed by atoms with Crippen molar-refractivity contribution in [2.24, 2.45) is 4.99 Å². The summed E-state index contributed by atoms with van der Waals surface area (Å²) in [5.41, 5.74) is 1.28. The second-order valence-electron chi connectivity index (χ2n) is 5.72. The zero-order valence-electron chi connectivity index (χ0n) is 15.0. The molecule has 1 atom stereocenters. The fourth-order valence-corrected chi connectivity index (χ4v) is 2.76. The molecule has 0 bridgehead atoms. The van der Waals surface area contributed by atoms with Crippen molar-refractivity contribution in [2.45, 2.75) is 33.3 Å². The van der Waals surface area contributed by atoms with Gasteiger partial charge in [0.15, 0.2) is 5.96 Å². The van der Waals surface area contributed by atoms with E-state index in [0.717, 1.165) is 50.9 Å². The van der Waals surface area contributed by atoms with Gasteiger partial charge in [-0.2, -0.15) is 0 Å². The van der Waals surface area contributed by atoms with Gasteiger partial charge < -0.3 is 20.3 Å². The minimum atomic E-state index is 0. The molecule has 1 aliphatic heterocycles. The van der Waals surface area contributed by atoms with E-state index in [0.29, 0.717) is 6.54 Å². The number of halogens is 1. The molecule has 24 heavy (non-hydrogen) atoms. The van der Waals surface area contributed by atoms with Crippen LogP contribution in [0.4, 0.5) is 0 Å². The highest BCUT2D eigenvalue weighted by Crippen LogP contribution is 2.28. The van der Waals surface area contributed by atoms with E-state index >= 15 is 0 Å². The summed E-state index contributed by atoms with van der Waals surface area (Å²) in [5.74, 6) is 1.88. The molecule has 0 aromatic heterocycles. The molecule has 0 saturated heterocycles. The van der Waals surface area contributed by atoms with E-state index in [1.807, 2.05) is 12.1 Å². The number of para-hydroxylation sites is 1. The Balaban J connectivity index is 0.00000288. The fourth-order valence-electron chi connectivity index (χ4n) is 2.76. The number of nitrogens with zero attached hydrogens (tertiary/aromatic N) is 2. The smallest absolute Gasteiger partial charge is 0.191 e. The predicted octanol–water partition coefficient (Wildman–Crippen LogP) is 2.51. The molecule has 1 unspecified atom stereocenters. The van der Waals surface area contributed by atoms with Crippen LogP contribution in [0.15, 0.2) is 29.3 Å². The summed E-state index contributed by atoms with van der Waals surface area (Å²) in [5, 5.41) is 6.71. The third kappa shape index (κ3) is 6.47. The summed E-state index contributed by atoms with van der Waals surface area (Å²) >= 11 is 0. The van der Waals surface area contributed by atoms with Crippen molar-refractivity contribution in [2.75, 3.05) is 39.3 Å². The topological polar surface area (TPSA) is 48.9 Å². The first-order valence-corrected chi connectivity index (χ1v) is 8.75. The number of rotatable bonds is 8. The molecule has 0 aliphatic carbocycles. The third-order valence-electron chi connectivity index (χ3n) is 4.13. The minimum Gasteiger partial charge on any atom is -0.488 e. The number of ether oxygens (including phenoxy) is 1. The van der Waals surface area contributed by atoms with E-state index in [-0.39, 0.29) is 30.1 Å². The van der Waals surface area contributed by atoms with Gasteiger partial charge in [0.1, 0.15) is 11.9 Å². The summed E-state index contributed by atoms with van der Waals surface area (Å²) in [6.07, 6.45) is 1.09. The molecule has 0 amide bonds. The van der Waals surface area contributed by atoms with Crippen LogP contribution in [-0.4, -0.2) is 56.2 Å². The summed E-state index contributed by atoms with van der Waals surface area (Å²) < 4.78 is 5.94. The molecule has 2 rings (SSSR count). The van der Waals surface area contributed by atoms with Gasteiger partial charge in [0.05, 0.1) is 6.54 Å². The lowest BCUT2D eigenvalue weighted by Gasteiger charge is -2.19. The van der Waals surface area contributed by atoms with Gasteiger partial charge in [-0.1, -0.05) is 32.0 Å². The number of hydrogen-bond donors (Lipinski definition) is 2. The summed E-state index contributed by atoms with van der Waals surface area (Å²) in [6, 6.07) is 8.25. The fraction of sp³-hybridized carbons (Fsp3) is 0.611. The molecule has 0 spiro atoms. The van der Waals surface area contributed by atoms with Crippen molar-refractivity contribution in [3.05, 3.63) is 29.8 Å². The normalized spacial score (nSPS) is 16.3. The average molecular weight is 446 g/mol. The SMILES string of the molecule is CCNC(=NCC1Cc2ccccc2O1)NCCN(CC)CC.I. The van der Waals surface area contributed by atoms with Crippen LogP contribution in [0, 0.1) is 0 Å². The first kappa shape index (κ1) is 21.0. The Morgan fingerprint density at radius 1 is 1.21 bits per heavy atom. The minimum absolute atomic E-state index is 0. The van der Waals surface area contributed by atoms with Crippen LogP contribution in [0.1, 0.15) is 26.3 Å². The Hall–Kier alpha value is -1.02. The number of benzene rings is 1. The maximum atomic E-state index is 5.94. The summed E-state index contributed by atoms with van der Waals surface area (Å²) in [7, 11) is 0. The highest BCUT2D eigenvalue weighted by Gasteiger charge is 2.21. The molecule has 136 valence electrons. The van der Waals surface area contributed by atoms with Crippen molar-refractivity contribution in [1.82, 2.24) is 15.5 Å². The van der Waals surface area contributed by atoms with Crippen LogP contribution in [0.25, 0.3) is 0 Å². The molecule has 0 saturated carbocycles. The van der Waals surface area contributed by atoms with Crippen LogP contribution in [0.3, 0.4) is 0 Å². The third-order valence-corrected chi connectivity index (χ3v) is 4.13. The number of likely N-dealkylation sites (N-methyl/N-ethyl adjacent to an activating group) is 1. The highest BCUT2D eigenvalue weighted by atomic mass is 127. The van der Waals surface area contributed by atoms with Crippen molar-refractivity contribution >= 4 is 29.9 Å². The van der Waals surface area contributed by atoms with Gasteiger partial charge in [0.2, 0.25) is 0 Å². The van der Waals surface area contributed by atoms with Crippen molar-refractivity contribution in [1.29, 1.82) is 0 Å². The van der Waals surface area contributed by atoms with Crippen molar-refractivity contribution in [3.63, 3.8) is 0 Å². The first-order valence-electron chi connectivity index (χ1n) is 8.75. The van der Waals surface area contributed by atoms with E-state index in [1.54, 1.807) is 0 Å². The van der Waals surface area contributed by atoms with Crippen LogP contribution in [-0.2, 0) is 6.42 Å². The van der Waals surface area contributed by atoms with Gasteiger partial charge in [0, 0.05) is 26.1 Å². The molecular weight excluding hydrogens is 415 g/mol. The predicted molar refractivity (Wildman–Crippen MR) is 112 cm³/mol. The number of aliphatic imine (C=N–C) groups is 1. The molecule has 0 fully saturated rings. The van der Waals surface area contributed by atoms with Gasteiger partial charge in [0.25, 0.3) is 0 Å². The molecule has 1 aromatic carbocycles. The molecule has 1 aliphatic rings. The second kappa shape index (κ2) is 11.5. The Morgan fingerprint density at radius 3 is 2.62 bits per heavy atom. The van der Waals surface area contributed by atoms with E-state index in [1.165, 1.54) is 5.56 Å². The highest BCUT2D eigenvalue weighted by molar-refractivity contribution is 14.0. The monoisotopic (exact) mass is 446 g/mol. The van der Waals surface area contributed by atoms with Crippen LogP contribution >= 0.6 is 24.0 Å². The number of nitrogens with one attached hydrogen (secondary N) is 2. The average Bonchev–Trinajstić information content (AvgIpc) is 2.99. The van der Waals surface area contributed by atoms with Gasteiger partial charge in [-0.3, -0.25) is 0 Å². The van der Waals surface area contributed by atoms with Gasteiger partial charge in [-0.25, -0.2) is 4.99 Å². The maximum absolute atomic E-state index is 5.94.